The minimum Gasteiger partial charge on any atom is -0.457 e. The van der Waals surface area contributed by atoms with E-state index in [4.69, 9.17) is 18.5 Å². The fourth-order valence-electron chi connectivity index (χ4n) is 7.64. The number of nitrogens with zero attached hydrogens (tertiary/aromatic N) is 1. The van der Waals surface area contributed by atoms with Gasteiger partial charge in [0.05, 0.1) is 34.4 Å². The number of phosphoric ester groups is 1. The first-order chi connectivity index (χ1) is 30.1. The predicted octanol–water partition coefficient (Wildman–Crippen LogP) is 16.3. The van der Waals surface area contributed by atoms with E-state index in [9.17, 15) is 14.3 Å². The summed E-state index contributed by atoms with van der Waals surface area (Å²) >= 11 is 0. The Bertz CT molecular complexity index is 1050. The van der Waals surface area contributed by atoms with Crippen molar-refractivity contribution in [3.8, 4) is 0 Å². The molecule has 0 rings (SSSR count). The van der Waals surface area contributed by atoms with Crippen molar-refractivity contribution >= 4 is 13.8 Å². The highest BCUT2D eigenvalue weighted by atomic mass is 31.2. The van der Waals surface area contributed by atoms with E-state index in [0.717, 1.165) is 38.5 Å². The van der Waals surface area contributed by atoms with Crippen LogP contribution in [0.2, 0.25) is 0 Å². The van der Waals surface area contributed by atoms with Crippen molar-refractivity contribution in [1.82, 2.24) is 0 Å². The van der Waals surface area contributed by atoms with Gasteiger partial charge in [0.1, 0.15) is 19.3 Å². The fraction of sp³-hybridized carbons (Fsp3) is 0.906. The lowest BCUT2D eigenvalue weighted by Crippen LogP contribution is -2.37. The van der Waals surface area contributed by atoms with Crippen LogP contribution in [-0.2, 0) is 27.9 Å². The van der Waals surface area contributed by atoms with Gasteiger partial charge in [0.2, 0.25) is 0 Å². The Kier molecular flexibility index (Phi) is 45.7. The molecule has 9 heteroatoms. The van der Waals surface area contributed by atoms with E-state index in [2.05, 4.69) is 38.2 Å². The number of quaternary nitrogens is 1. The summed E-state index contributed by atoms with van der Waals surface area (Å²) in [6.45, 7) is 5.66. The van der Waals surface area contributed by atoms with Gasteiger partial charge in [0.25, 0.3) is 0 Å². The number of carbonyl (C=O) groups excluding carboxylic acids is 1. The van der Waals surface area contributed by atoms with Crippen LogP contribution in [0.1, 0.15) is 251 Å². The van der Waals surface area contributed by atoms with Crippen LogP contribution in [0.15, 0.2) is 24.3 Å². The van der Waals surface area contributed by atoms with E-state index in [1.807, 2.05) is 21.1 Å². The lowest BCUT2D eigenvalue weighted by Gasteiger charge is -2.24. The molecule has 0 radical (unpaired) electrons. The third-order valence-electron chi connectivity index (χ3n) is 11.8. The van der Waals surface area contributed by atoms with Crippen LogP contribution in [0.5, 0.6) is 0 Å². The lowest BCUT2D eigenvalue weighted by atomic mass is 10.0. The Hall–Kier alpha value is -1.02. The minimum atomic E-state index is -4.27. The van der Waals surface area contributed by atoms with Gasteiger partial charge in [-0.3, -0.25) is 13.8 Å². The number of rotatable bonds is 50. The van der Waals surface area contributed by atoms with Crippen LogP contribution < -0.4 is 0 Å². The Morgan fingerprint density at radius 1 is 0.500 bits per heavy atom. The molecular weight excluding hydrogens is 794 g/mol. The zero-order chi connectivity index (χ0) is 45.5. The van der Waals surface area contributed by atoms with Gasteiger partial charge in [-0.1, -0.05) is 224 Å². The molecule has 0 aromatic rings. The third kappa shape index (κ3) is 50.0. The van der Waals surface area contributed by atoms with Crippen molar-refractivity contribution in [2.75, 3.05) is 54.1 Å². The summed E-state index contributed by atoms with van der Waals surface area (Å²) in [4.78, 5) is 23.0. The minimum absolute atomic E-state index is 0.0914. The molecule has 1 N–H and O–H groups in total. The molecule has 0 aromatic carbocycles. The number of esters is 1. The summed E-state index contributed by atoms with van der Waals surface area (Å²) < 4.78 is 35.2. The number of phosphoric acid groups is 1. The first-order valence-corrected chi connectivity index (χ1v) is 28.1. The van der Waals surface area contributed by atoms with E-state index in [-0.39, 0.29) is 25.8 Å². The zero-order valence-electron chi connectivity index (χ0n) is 41.9. The molecule has 2 atom stereocenters. The smallest absolute Gasteiger partial charge is 0.457 e. The second-order valence-corrected chi connectivity index (χ2v) is 20.7. The first-order valence-electron chi connectivity index (χ1n) is 26.6. The summed E-state index contributed by atoms with van der Waals surface area (Å²) in [7, 11) is 1.68. The molecule has 0 amide bonds. The number of unbranched alkanes of at least 4 members (excludes halogenated alkanes) is 32. The highest BCUT2D eigenvalue weighted by molar-refractivity contribution is 7.47. The van der Waals surface area contributed by atoms with E-state index >= 15 is 0 Å². The molecule has 0 heterocycles. The normalized spacial score (nSPS) is 13.7. The van der Waals surface area contributed by atoms with Crippen LogP contribution in [0.25, 0.3) is 0 Å². The van der Waals surface area contributed by atoms with Gasteiger partial charge < -0.3 is 18.9 Å². The van der Waals surface area contributed by atoms with E-state index in [0.29, 0.717) is 24.1 Å². The second-order valence-electron chi connectivity index (χ2n) is 19.3. The quantitative estimate of drug-likeness (QED) is 0.0214. The molecule has 62 heavy (non-hydrogen) atoms. The van der Waals surface area contributed by atoms with Gasteiger partial charge in [-0.25, -0.2) is 4.57 Å². The highest BCUT2D eigenvalue weighted by Crippen LogP contribution is 2.43. The Labute approximate surface area is 385 Å². The van der Waals surface area contributed by atoms with Crippen LogP contribution in [0, 0.1) is 0 Å². The molecule has 0 saturated heterocycles. The van der Waals surface area contributed by atoms with Crippen LogP contribution in [0.4, 0.5) is 0 Å². The number of ether oxygens (including phenoxy) is 2. The predicted molar refractivity (Wildman–Crippen MR) is 266 cm³/mol. The lowest BCUT2D eigenvalue weighted by molar-refractivity contribution is -0.870. The van der Waals surface area contributed by atoms with Crippen LogP contribution >= 0.6 is 7.82 Å². The maximum absolute atomic E-state index is 12.7. The molecule has 0 aliphatic carbocycles. The van der Waals surface area contributed by atoms with Crippen molar-refractivity contribution in [2.24, 2.45) is 0 Å². The summed E-state index contributed by atoms with van der Waals surface area (Å²) in [5.41, 5.74) is 0. The van der Waals surface area contributed by atoms with Gasteiger partial charge in [0, 0.05) is 13.0 Å². The van der Waals surface area contributed by atoms with Gasteiger partial charge in [0.15, 0.2) is 0 Å². The van der Waals surface area contributed by atoms with Crippen molar-refractivity contribution < 1.29 is 37.3 Å². The van der Waals surface area contributed by atoms with Gasteiger partial charge in [-0.2, -0.15) is 0 Å². The molecular formula is C53H105NO7P+. The highest BCUT2D eigenvalue weighted by Gasteiger charge is 2.26. The molecule has 0 fully saturated rings. The average Bonchev–Trinajstić information content (AvgIpc) is 3.23. The second kappa shape index (κ2) is 46.5. The van der Waals surface area contributed by atoms with Crippen LogP contribution in [0.3, 0.4) is 0 Å². The number of carbonyl (C=O) groups is 1. The van der Waals surface area contributed by atoms with E-state index < -0.39 is 13.9 Å². The van der Waals surface area contributed by atoms with Gasteiger partial charge in [-0.05, 0) is 44.9 Å². The van der Waals surface area contributed by atoms with Crippen molar-refractivity contribution in [3.05, 3.63) is 24.3 Å². The molecule has 2 unspecified atom stereocenters. The number of hydrogen-bond donors (Lipinski definition) is 1. The van der Waals surface area contributed by atoms with Gasteiger partial charge in [-0.15, -0.1) is 0 Å². The molecule has 0 aromatic heterocycles. The first kappa shape index (κ1) is 61.0. The maximum Gasteiger partial charge on any atom is 0.472 e. The molecule has 0 spiro atoms. The Morgan fingerprint density at radius 3 is 1.31 bits per heavy atom. The molecule has 0 aliphatic heterocycles. The molecule has 0 aliphatic rings. The number of hydrogen-bond acceptors (Lipinski definition) is 6. The fourth-order valence-corrected chi connectivity index (χ4v) is 8.39. The van der Waals surface area contributed by atoms with Crippen molar-refractivity contribution in [3.63, 3.8) is 0 Å². The summed E-state index contributed by atoms with van der Waals surface area (Å²) in [5.74, 6) is -0.309. The van der Waals surface area contributed by atoms with Crippen molar-refractivity contribution in [1.29, 1.82) is 0 Å². The molecule has 0 bridgehead atoms. The number of allylic oxidation sites excluding steroid dienone is 4. The van der Waals surface area contributed by atoms with E-state index in [1.165, 1.54) is 193 Å². The Balaban J connectivity index is 4.02. The van der Waals surface area contributed by atoms with Gasteiger partial charge >= 0.3 is 13.8 Å². The maximum atomic E-state index is 12.7. The SMILES string of the molecule is CCCCCCC/C=C\C/C=C\CCCCCCCCCCCCCCCCOCC(COP(=O)(O)OCC[N+](C)(C)C)OC(=O)CCCCCCCCCCCCCCCC. The largest absolute Gasteiger partial charge is 0.472 e. The summed E-state index contributed by atoms with van der Waals surface area (Å²) in [6, 6.07) is 0. The monoisotopic (exact) mass is 899 g/mol. The molecule has 0 saturated carbocycles. The van der Waals surface area contributed by atoms with Crippen molar-refractivity contribution in [2.45, 2.75) is 258 Å². The Morgan fingerprint density at radius 2 is 0.887 bits per heavy atom. The summed E-state index contributed by atoms with van der Waals surface area (Å²) in [5, 5.41) is 0. The summed E-state index contributed by atoms with van der Waals surface area (Å²) in [6.07, 6.45) is 55.1. The molecule has 8 nitrogen and oxygen atoms in total. The standard InChI is InChI=1S/C53H104NO7P/c1-6-8-10-12-14-16-18-20-22-23-24-25-26-27-28-29-30-31-32-33-35-37-39-41-43-45-48-58-50-52(51-60-62(56,57)59-49-47-54(3,4)5)61-53(55)46-44-42-40-38-36-34-21-19-17-15-13-11-9-7-2/h18,20,23-24,52H,6-17,19,21-22,25-51H2,1-5H3/p+1/b20-18-,24-23-. The average molecular weight is 899 g/mol. The molecule has 368 valence electrons. The topological polar surface area (TPSA) is 91.3 Å². The number of likely N-dealkylation sites (N-methyl/N-ethyl adjacent to an activating group) is 1. The van der Waals surface area contributed by atoms with E-state index in [1.54, 1.807) is 0 Å². The zero-order valence-corrected chi connectivity index (χ0v) is 42.8. The third-order valence-corrected chi connectivity index (χ3v) is 12.7. The van der Waals surface area contributed by atoms with Crippen LogP contribution in [-0.4, -0.2) is 75.6 Å².